The molecule has 0 radical (unpaired) electrons. The molecule has 0 spiro atoms. The third-order valence-corrected chi connectivity index (χ3v) is 6.08. The molecule has 4 aromatic rings. The summed E-state index contributed by atoms with van der Waals surface area (Å²) in [6, 6.07) is 17.0. The first-order valence-corrected chi connectivity index (χ1v) is 10.2. The van der Waals surface area contributed by atoms with E-state index in [1.807, 2.05) is 41.1 Å². The summed E-state index contributed by atoms with van der Waals surface area (Å²) >= 11 is 12.0. The van der Waals surface area contributed by atoms with E-state index in [1.165, 1.54) is 18.2 Å². The topological polar surface area (TPSA) is 63.5 Å². The number of aromatic nitrogens is 2. The first kappa shape index (κ1) is 17.9. The van der Waals surface area contributed by atoms with Gasteiger partial charge in [-0.05, 0) is 36.4 Å². The maximum Gasteiger partial charge on any atom is 0.263 e. The molecule has 0 saturated heterocycles. The van der Waals surface area contributed by atoms with Crippen LogP contribution in [0.4, 0.5) is 5.69 Å². The summed E-state index contributed by atoms with van der Waals surface area (Å²) in [6.07, 6.45) is 3.72. The minimum atomic E-state index is -3.93. The third kappa shape index (κ3) is 3.51. The average Bonchev–Trinajstić information content (AvgIpc) is 3.07. The number of nitrogens with zero attached hydrogens (tertiary/aromatic N) is 2. The van der Waals surface area contributed by atoms with Gasteiger partial charge in [-0.25, -0.2) is 13.4 Å². The summed E-state index contributed by atoms with van der Waals surface area (Å²) in [6.45, 7) is 0. The lowest BCUT2D eigenvalue weighted by atomic mass is 10.1. The maximum atomic E-state index is 12.9. The second-order valence-corrected chi connectivity index (χ2v) is 8.31. The predicted molar refractivity (Wildman–Crippen MR) is 108 cm³/mol. The van der Waals surface area contributed by atoms with Gasteiger partial charge in [0.05, 0.1) is 16.4 Å². The number of pyridine rings is 1. The summed E-state index contributed by atoms with van der Waals surface area (Å²) in [5, 5.41) is 0.380. The van der Waals surface area contributed by atoms with Crippen LogP contribution in [0.3, 0.4) is 0 Å². The summed E-state index contributed by atoms with van der Waals surface area (Å²) in [5.41, 5.74) is 2.47. The van der Waals surface area contributed by atoms with Gasteiger partial charge in [-0.2, -0.15) is 0 Å². The summed E-state index contributed by atoms with van der Waals surface area (Å²) < 4.78 is 30.2. The van der Waals surface area contributed by atoms with Crippen LogP contribution in [0.15, 0.2) is 78.0 Å². The Balaban J connectivity index is 1.78. The van der Waals surface area contributed by atoms with Crippen LogP contribution >= 0.6 is 23.2 Å². The van der Waals surface area contributed by atoms with Gasteiger partial charge >= 0.3 is 0 Å². The lowest BCUT2D eigenvalue weighted by Crippen LogP contribution is -2.14. The van der Waals surface area contributed by atoms with Gasteiger partial charge in [-0.3, -0.25) is 4.72 Å². The standard InChI is InChI=1S/C19H13Cl2N3O2S/c20-13-8-9-15(21)18(11-13)27(25,26)23-16-6-2-1-5-14(16)17-12-24-10-4-3-7-19(24)22-17/h1-12,23H. The number of hydrogen-bond acceptors (Lipinski definition) is 3. The quantitative estimate of drug-likeness (QED) is 0.501. The van der Waals surface area contributed by atoms with Crippen molar-refractivity contribution in [3.8, 4) is 11.3 Å². The van der Waals surface area contributed by atoms with E-state index in [2.05, 4.69) is 9.71 Å². The van der Waals surface area contributed by atoms with Crippen molar-refractivity contribution < 1.29 is 8.42 Å². The van der Waals surface area contributed by atoms with Crippen molar-refractivity contribution in [2.75, 3.05) is 4.72 Å². The Bertz CT molecular complexity index is 1220. The minimum absolute atomic E-state index is 0.0820. The molecule has 1 N–H and O–H groups in total. The van der Waals surface area contributed by atoms with Crippen LogP contribution in [-0.2, 0) is 10.0 Å². The zero-order valence-corrected chi connectivity index (χ0v) is 16.1. The van der Waals surface area contributed by atoms with E-state index in [0.29, 0.717) is 16.9 Å². The normalized spacial score (nSPS) is 11.6. The zero-order valence-electron chi connectivity index (χ0n) is 13.8. The number of sulfonamides is 1. The van der Waals surface area contributed by atoms with E-state index in [9.17, 15) is 8.42 Å². The summed E-state index contributed by atoms with van der Waals surface area (Å²) in [7, 11) is -3.93. The van der Waals surface area contributed by atoms with Crippen molar-refractivity contribution in [3.63, 3.8) is 0 Å². The fourth-order valence-electron chi connectivity index (χ4n) is 2.74. The highest BCUT2D eigenvalue weighted by Gasteiger charge is 2.20. The fraction of sp³-hybridized carbons (Fsp3) is 0. The first-order chi connectivity index (χ1) is 12.9. The molecule has 0 bridgehead atoms. The fourth-order valence-corrected chi connectivity index (χ4v) is 4.59. The van der Waals surface area contributed by atoms with Crippen molar-refractivity contribution in [2.24, 2.45) is 0 Å². The molecule has 0 aliphatic carbocycles. The number of para-hydroxylation sites is 1. The number of nitrogens with one attached hydrogen (secondary N) is 1. The largest absolute Gasteiger partial charge is 0.306 e. The van der Waals surface area contributed by atoms with Gasteiger partial charge in [0.15, 0.2) is 0 Å². The molecule has 4 rings (SSSR count). The monoisotopic (exact) mass is 417 g/mol. The van der Waals surface area contributed by atoms with E-state index in [-0.39, 0.29) is 14.9 Å². The Morgan fingerprint density at radius 3 is 2.56 bits per heavy atom. The minimum Gasteiger partial charge on any atom is -0.306 e. The second kappa shape index (κ2) is 6.88. The highest BCUT2D eigenvalue weighted by atomic mass is 35.5. The Morgan fingerprint density at radius 1 is 0.963 bits per heavy atom. The molecule has 0 amide bonds. The molecule has 0 aliphatic rings. The molecule has 136 valence electrons. The zero-order chi connectivity index (χ0) is 19.0. The summed E-state index contributed by atoms with van der Waals surface area (Å²) in [4.78, 5) is 4.48. The van der Waals surface area contributed by atoms with Crippen LogP contribution in [0, 0.1) is 0 Å². The van der Waals surface area contributed by atoms with Crippen LogP contribution < -0.4 is 4.72 Å². The number of imidazole rings is 1. The van der Waals surface area contributed by atoms with Crippen LogP contribution in [0.1, 0.15) is 0 Å². The molecule has 2 aromatic heterocycles. The first-order valence-electron chi connectivity index (χ1n) is 7.95. The van der Waals surface area contributed by atoms with Crippen LogP contribution in [0.5, 0.6) is 0 Å². The van der Waals surface area contributed by atoms with Crippen molar-refractivity contribution in [1.82, 2.24) is 9.38 Å². The molecule has 2 aromatic carbocycles. The molecule has 0 fully saturated rings. The van der Waals surface area contributed by atoms with Crippen LogP contribution in [-0.4, -0.2) is 17.8 Å². The Labute approximate surface area is 166 Å². The van der Waals surface area contributed by atoms with Gasteiger partial charge in [-0.1, -0.05) is 47.5 Å². The van der Waals surface area contributed by atoms with E-state index < -0.39 is 10.0 Å². The highest BCUT2D eigenvalue weighted by molar-refractivity contribution is 7.92. The molecule has 8 heteroatoms. The van der Waals surface area contributed by atoms with Gasteiger partial charge in [0, 0.05) is 23.0 Å². The number of rotatable bonds is 4. The third-order valence-electron chi connectivity index (χ3n) is 3.99. The molecule has 0 atom stereocenters. The van der Waals surface area contributed by atoms with Gasteiger partial charge < -0.3 is 4.40 Å². The molecule has 27 heavy (non-hydrogen) atoms. The molecular weight excluding hydrogens is 405 g/mol. The highest BCUT2D eigenvalue weighted by Crippen LogP contribution is 2.31. The molecular formula is C19H13Cl2N3O2S. The van der Waals surface area contributed by atoms with Gasteiger partial charge in [0.2, 0.25) is 0 Å². The Hall–Kier alpha value is -2.54. The maximum absolute atomic E-state index is 12.9. The van der Waals surface area contributed by atoms with Crippen molar-refractivity contribution in [1.29, 1.82) is 0 Å². The number of fused-ring (bicyclic) bond motifs is 1. The lowest BCUT2D eigenvalue weighted by molar-refractivity contribution is 0.601. The smallest absolute Gasteiger partial charge is 0.263 e. The van der Waals surface area contributed by atoms with Crippen molar-refractivity contribution in [3.05, 3.63) is 83.1 Å². The predicted octanol–water partition coefficient (Wildman–Crippen LogP) is 5.11. The van der Waals surface area contributed by atoms with Crippen molar-refractivity contribution in [2.45, 2.75) is 4.90 Å². The van der Waals surface area contributed by atoms with Gasteiger partial charge in [0.1, 0.15) is 10.5 Å². The SMILES string of the molecule is O=S(=O)(Nc1ccccc1-c1cn2ccccc2n1)c1cc(Cl)ccc1Cl. The Kier molecular flexibility index (Phi) is 4.55. The second-order valence-electron chi connectivity index (χ2n) is 5.82. The van der Waals surface area contributed by atoms with E-state index in [0.717, 1.165) is 5.65 Å². The van der Waals surface area contributed by atoms with Crippen molar-refractivity contribution >= 4 is 44.6 Å². The number of halogens is 2. The Morgan fingerprint density at radius 2 is 1.74 bits per heavy atom. The number of benzene rings is 2. The van der Waals surface area contributed by atoms with Gasteiger partial charge in [0.25, 0.3) is 10.0 Å². The number of hydrogen-bond donors (Lipinski definition) is 1. The molecule has 0 unspecified atom stereocenters. The van der Waals surface area contributed by atoms with Crippen LogP contribution in [0.2, 0.25) is 10.0 Å². The molecule has 5 nitrogen and oxygen atoms in total. The van der Waals surface area contributed by atoms with Crippen LogP contribution in [0.25, 0.3) is 16.9 Å². The van der Waals surface area contributed by atoms with Gasteiger partial charge in [-0.15, -0.1) is 0 Å². The van der Waals surface area contributed by atoms with E-state index >= 15 is 0 Å². The lowest BCUT2D eigenvalue weighted by Gasteiger charge is -2.12. The van der Waals surface area contributed by atoms with E-state index in [1.54, 1.807) is 18.2 Å². The summed E-state index contributed by atoms with van der Waals surface area (Å²) in [5.74, 6) is 0. The average molecular weight is 418 g/mol. The van der Waals surface area contributed by atoms with E-state index in [4.69, 9.17) is 23.2 Å². The number of anilines is 1. The molecule has 0 aliphatic heterocycles. The molecule has 0 saturated carbocycles. The molecule has 2 heterocycles.